The molecule has 21 heavy (non-hydrogen) atoms. The van der Waals surface area contributed by atoms with Gasteiger partial charge in [-0.25, -0.2) is 0 Å². The average Bonchev–Trinajstić information content (AvgIpc) is 2.50. The minimum atomic E-state index is -3.28. The first kappa shape index (κ1) is 17.2. The van der Waals surface area contributed by atoms with Crippen molar-refractivity contribution in [2.75, 3.05) is 33.2 Å². The van der Waals surface area contributed by atoms with Crippen molar-refractivity contribution in [2.24, 2.45) is 5.92 Å². The van der Waals surface area contributed by atoms with Crippen molar-refractivity contribution in [3.05, 3.63) is 0 Å². The second-order valence-electron chi connectivity index (χ2n) is 6.40. The Labute approximate surface area is 130 Å². The van der Waals surface area contributed by atoms with Gasteiger partial charge in [-0.3, -0.25) is 0 Å². The summed E-state index contributed by atoms with van der Waals surface area (Å²) in [7, 11) is -1.55. The Kier molecular flexibility index (Phi) is 6.47. The Morgan fingerprint density at radius 1 is 1.19 bits per heavy atom. The number of nitrogens with zero attached hydrogens (tertiary/aromatic N) is 2. The van der Waals surface area contributed by atoms with E-state index in [1.807, 2.05) is 4.31 Å². The molecule has 1 heterocycles. The highest BCUT2D eigenvalue weighted by Crippen LogP contribution is 2.37. The molecule has 6 heteroatoms. The summed E-state index contributed by atoms with van der Waals surface area (Å²) < 4.78 is 29.0. The number of piperidine rings is 1. The fourth-order valence-corrected chi connectivity index (χ4v) is 5.46. The van der Waals surface area contributed by atoms with Gasteiger partial charge in [0.2, 0.25) is 0 Å². The molecule has 0 amide bonds. The van der Waals surface area contributed by atoms with E-state index in [0.717, 1.165) is 32.4 Å². The van der Waals surface area contributed by atoms with Crippen molar-refractivity contribution in [1.82, 2.24) is 13.9 Å². The standard InChI is InChI=1S/C15H31N3O2S/c1-3-16-11-7-12-17(2)21(19,20)18-13-6-9-14-8-4-5-10-15(14)18/h14-16H,3-13H2,1-2H3/t14-,15-/m1/s1. The average molecular weight is 317 g/mol. The second-order valence-corrected chi connectivity index (χ2v) is 8.39. The van der Waals surface area contributed by atoms with Crippen molar-refractivity contribution in [3.8, 4) is 0 Å². The van der Waals surface area contributed by atoms with Gasteiger partial charge < -0.3 is 5.32 Å². The Morgan fingerprint density at radius 2 is 1.90 bits per heavy atom. The molecule has 0 aromatic carbocycles. The molecule has 2 atom stereocenters. The molecule has 2 rings (SSSR count). The van der Waals surface area contributed by atoms with Gasteiger partial charge in [-0.2, -0.15) is 17.0 Å². The maximum absolute atomic E-state index is 12.8. The third-order valence-electron chi connectivity index (χ3n) is 4.96. The van der Waals surface area contributed by atoms with Crippen molar-refractivity contribution in [1.29, 1.82) is 0 Å². The van der Waals surface area contributed by atoms with Crippen LogP contribution < -0.4 is 5.32 Å². The van der Waals surface area contributed by atoms with E-state index in [9.17, 15) is 8.42 Å². The van der Waals surface area contributed by atoms with E-state index < -0.39 is 10.2 Å². The predicted octanol–water partition coefficient (Wildman–Crippen LogP) is 1.82. The van der Waals surface area contributed by atoms with Crippen molar-refractivity contribution >= 4 is 10.2 Å². The molecule has 1 saturated heterocycles. The highest BCUT2D eigenvalue weighted by Gasteiger charge is 2.40. The zero-order chi connectivity index (χ0) is 15.3. The molecule has 0 unspecified atom stereocenters. The van der Waals surface area contributed by atoms with Crippen LogP contribution in [0.1, 0.15) is 51.9 Å². The van der Waals surface area contributed by atoms with Crippen LogP contribution in [0.5, 0.6) is 0 Å². The monoisotopic (exact) mass is 317 g/mol. The summed E-state index contributed by atoms with van der Waals surface area (Å²) in [6, 6.07) is 0.258. The Bertz CT molecular complexity index is 411. The zero-order valence-corrected chi connectivity index (χ0v) is 14.4. The molecule has 1 saturated carbocycles. The lowest BCUT2D eigenvalue weighted by Crippen LogP contribution is -2.53. The molecule has 0 radical (unpaired) electrons. The number of fused-ring (bicyclic) bond motifs is 1. The van der Waals surface area contributed by atoms with E-state index in [4.69, 9.17) is 0 Å². The summed E-state index contributed by atoms with van der Waals surface area (Å²) in [6.07, 6.45) is 7.80. The van der Waals surface area contributed by atoms with Gasteiger partial charge in [0.15, 0.2) is 0 Å². The van der Waals surface area contributed by atoms with E-state index in [0.29, 0.717) is 19.0 Å². The number of rotatable bonds is 7. The number of hydrogen-bond donors (Lipinski definition) is 1. The molecule has 124 valence electrons. The topological polar surface area (TPSA) is 52.7 Å². The smallest absolute Gasteiger partial charge is 0.281 e. The van der Waals surface area contributed by atoms with Crippen molar-refractivity contribution in [2.45, 2.75) is 57.9 Å². The summed E-state index contributed by atoms with van der Waals surface area (Å²) in [4.78, 5) is 0. The molecule has 0 aromatic rings. The molecule has 1 aliphatic heterocycles. The zero-order valence-electron chi connectivity index (χ0n) is 13.6. The highest BCUT2D eigenvalue weighted by molar-refractivity contribution is 7.86. The predicted molar refractivity (Wildman–Crippen MR) is 86.4 cm³/mol. The maximum atomic E-state index is 12.8. The van der Waals surface area contributed by atoms with Gasteiger partial charge in [-0.05, 0) is 51.1 Å². The van der Waals surface area contributed by atoms with E-state index in [-0.39, 0.29) is 6.04 Å². The van der Waals surface area contributed by atoms with Gasteiger partial charge >= 0.3 is 0 Å². The van der Waals surface area contributed by atoms with E-state index >= 15 is 0 Å². The van der Waals surface area contributed by atoms with Crippen LogP contribution in [0.3, 0.4) is 0 Å². The van der Waals surface area contributed by atoms with Gasteiger partial charge in [0.1, 0.15) is 0 Å². The van der Waals surface area contributed by atoms with Crippen molar-refractivity contribution < 1.29 is 8.42 Å². The van der Waals surface area contributed by atoms with Gasteiger partial charge in [-0.15, -0.1) is 0 Å². The van der Waals surface area contributed by atoms with Crippen LogP contribution in [0.15, 0.2) is 0 Å². The fraction of sp³-hybridized carbons (Fsp3) is 1.00. The van der Waals surface area contributed by atoms with Gasteiger partial charge in [0.25, 0.3) is 10.2 Å². The molecule has 2 aliphatic rings. The summed E-state index contributed by atoms with van der Waals surface area (Å²) in [5.41, 5.74) is 0. The summed E-state index contributed by atoms with van der Waals surface area (Å²) >= 11 is 0. The van der Waals surface area contributed by atoms with E-state index in [1.54, 1.807) is 11.4 Å². The molecular formula is C15H31N3O2S. The molecule has 2 fully saturated rings. The fourth-order valence-electron chi connectivity index (χ4n) is 3.76. The second kappa shape index (κ2) is 7.90. The normalized spacial score (nSPS) is 27.8. The van der Waals surface area contributed by atoms with Crippen LogP contribution >= 0.6 is 0 Å². The third-order valence-corrected chi connectivity index (χ3v) is 6.98. The molecule has 0 bridgehead atoms. The van der Waals surface area contributed by atoms with Gasteiger partial charge in [0.05, 0.1) is 0 Å². The van der Waals surface area contributed by atoms with Crippen LogP contribution in [0.25, 0.3) is 0 Å². The Hall–Kier alpha value is -0.170. The van der Waals surface area contributed by atoms with E-state index in [1.165, 1.54) is 25.7 Å². The maximum Gasteiger partial charge on any atom is 0.281 e. The molecule has 0 spiro atoms. The van der Waals surface area contributed by atoms with Crippen LogP contribution in [-0.4, -0.2) is 56.3 Å². The Morgan fingerprint density at radius 3 is 2.67 bits per heavy atom. The quantitative estimate of drug-likeness (QED) is 0.729. The number of hydrogen-bond acceptors (Lipinski definition) is 3. The van der Waals surface area contributed by atoms with Crippen LogP contribution in [0.4, 0.5) is 0 Å². The first-order chi connectivity index (χ1) is 10.1. The lowest BCUT2D eigenvalue weighted by Gasteiger charge is -2.44. The lowest BCUT2D eigenvalue weighted by atomic mass is 9.79. The van der Waals surface area contributed by atoms with Crippen LogP contribution in [0, 0.1) is 5.92 Å². The molecular weight excluding hydrogens is 286 g/mol. The van der Waals surface area contributed by atoms with Gasteiger partial charge in [0, 0.05) is 26.2 Å². The van der Waals surface area contributed by atoms with Crippen molar-refractivity contribution in [3.63, 3.8) is 0 Å². The van der Waals surface area contributed by atoms with Crippen LogP contribution in [-0.2, 0) is 10.2 Å². The molecule has 5 nitrogen and oxygen atoms in total. The molecule has 0 aromatic heterocycles. The Balaban J connectivity index is 1.96. The summed E-state index contributed by atoms with van der Waals surface area (Å²) in [6.45, 7) is 5.19. The highest BCUT2D eigenvalue weighted by atomic mass is 32.2. The SMILES string of the molecule is CCNCCCN(C)S(=O)(=O)N1CCC[C@H]2CCCC[C@H]21. The number of nitrogens with one attached hydrogen (secondary N) is 1. The largest absolute Gasteiger partial charge is 0.317 e. The minimum absolute atomic E-state index is 0.258. The summed E-state index contributed by atoms with van der Waals surface area (Å²) in [5, 5.41) is 3.24. The van der Waals surface area contributed by atoms with Gasteiger partial charge in [-0.1, -0.05) is 19.8 Å². The minimum Gasteiger partial charge on any atom is -0.317 e. The third kappa shape index (κ3) is 4.18. The lowest BCUT2D eigenvalue weighted by molar-refractivity contribution is 0.123. The first-order valence-electron chi connectivity index (χ1n) is 8.51. The molecule has 1 aliphatic carbocycles. The first-order valence-corrected chi connectivity index (χ1v) is 9.91. The molecule has 1 N–H and O–H groups in total. The van der Waals surface area contributed by atoms with E-state index in [2.05, 4.69) is 12.2 Å². The summed E-state index contributed by atoms with van der Waals surface area (Å²) in [5.74, 6) is 0.595. The van der Waals surface area contributed by atoms with Crippen LogP contribution in [0.2, 0.25) is 0 Å².